The molecule has 0 fully saturated rings. The second-order valence-corrected chi connectivity index (χ2v) is 3.35. The third-order valence-electron chi connectivity index (χ3n) is 2.11. The Morgan fingerprint density at radius 1 is 1.36 bits per heavy atom. The molecular weight excluding hydrogens is 178 g/mol. The maximum atomic E-state index is 5.43. The fraction of sp³-hybridized carbons (Fsp3) is 0.727. The SMILES string of the molecule is CCCCOCCc1cc(CC)no1. The van der Waals surface area contributed by atoms with Crippen molar-refractivity contribution in [2.45, 2.75) is 39.5 Å². The summed E-state index contributed by atoms with van der Waals surface area (Å²) in [6.07, 6.45) is 4.08. The van der Waals surface area contributed by atoms with Gasteiger partial charge in [0.1, 0.15) is 5.76 Å². The van der Waals surface area contributed by atoms with Crippen molar-refractivity contribution in [2.24, 2.45) is 0 Å². The van der Waals surface area contributed by atoms with E-state index >= 15 is 0 Å². The molecule has 0 amide bonds. The van der Waals surface area contributed by atoms with Gasteiger partial charge in [-0.2, -0.15) is 0 Å². The van der Waals surface area contributed by atoms with E-state index in [9.17, 15) is 0 Å². The monoisotopic (exact) mass is 197 g/mol. The molecule has 0 bridgehead atoms. The first-order valence-corrected chi connectivity index (χ1v) is 5.39. The van der Waals surface area contributed by atoms with Gasteiger partial charge in [0.25, 0.3) is 0 Å². The minimum absolute atomic E-state index is 0.734. The van der Waals surface area contributed by atoms with Crippen LogP contribution in [0.4, 0.5) is 0 Å². The minimum Gasteiger partial charge on any atom is -0.381 e. The topological polar surface area (TPSA) is 35.3 Å². The van der Waals surface area contributed by atoms with Gasteiger partial charge in [0, 0.05) is 19.1 Å². The number of ether oxygens (including phenoxy) is 1. The van der Waals surface area contributed by atoms with Crippen molar-refractivity contribution < 1.29 is 9.26 Å². The Balaban J connectivity index is 2.12. The summed E-state index contributed by atoms with van der Waals surface area (Å²) >= 11 is 0. The van der Waals surface area contributed by atoms with E-state index in [0.717, 1.165) is 43.9 Å². The van der Waals surface area contributed by atoms with Crippen molar-refractivity contribution in [1.29, 1.82) is 0 Å². The second kappa shape index (κ2) is 6.60. The van der Waals surface area contributed by atoms with Crippen molar-refractivity contribution in [3.63, 3.8) is 0 Å². The predicted octanol–water partition coefficient (Wildman–Crippen LogP) is 2.60. The maximum absolute atomic E-state index is 5.43. The van der Waals surface area contributed by atoms with Crippen molar-refractivity contribution >= 4 is 0 Å². The van der Waals surface area contributed by atoms with Gasteiger partial charge in [0.15, 0.2) is 0 Å². The average molecular weight is 197 g/mol. The first-order valence-electron chi connectivity index (χ1n) is 5.39. The van der Waals surface area contributed by atoms with Gasteiger partial charge in [-0.15, -0.1) is 0 Å². The van der Waals surface area contributed by atoms with Crippen LogP contribution in [0.1, 0.15) is 38.1 Å². The Labute approximate surface area is 85.4 Å². The molecule has 0 unspecified atom stereocenters. The van der Waals surface area contributed by atoms with Gasteiger partial charge < -0.3 is 9.26 Å². The lowest BCUT2D eigenvalue weighted by molar-refractivity contribution is 0.129. The van der Waals surface area contributed by atoms with Crippen molar-refractivity contribution in [2.75, 3.05) is 13.2 Å². The lowest BCUT2D eigenvalue weighted by Crippen LogP contribution is -1.99. The largest absolute Gasteiger partial charge is 0.381 e. The lowest BCUT2D eigenvalue weighted by Gasteiger charge is -1.99. The smallest absolute Gasteiger partial charge is 0.139 e. The summed E-state index contributed by atoms with van der Waals surface area (Å²) in [6, 6.07) is 2.00. The van der Waals surface area contributed by atoms with Crippen LogP contribution in [0.25, 0.3) is 0 Å². The zero-order valence-electron chi connectivity index (χ0n) is 9.08. The van der Waals surface area contributed by atoms with Crippen LogP contribution < -0.4 is 0 Å². The lowest BCUT2D eigenvalue weighted by atomic mass is 10.3. The maximum Gasteiger partial charge on any atom is 0.139 e. The van der Waals surface area contributed by atoms with Gasteiger partial charge in [-0.1, -0.05) is 25.4 Å². The molecule has 0 saturated carbocycles. The van der Waals surface area contributed by atoms with Gasteiger partial charge >= 0.3 is 0 Å². The molecule has 0 aromatic carbocycles. The zero-order chi connectivity index (χ0) is 10.2. The molecule has 0 aliphatic carbocycles. The van der Waals surface area contributed by atoms with E-state index in [1.165, 1.54) is 6.42 Å². The molecular formula is C11H19NO2. The van der Waals surface area contributed by atoms with E-state index in [0.29, 0.717) is 0 Å². The molecule has 1 heterocycles. The molecule has 0 aliphatic rings. The number of rotatable bonds is 7. The molecule has 3 heteroatoms. The first kappa shape index (κ1) is 11.2. The van der Waals surface area contributed by atoms with Crippen LogP contribution in [-0.2, 0) is 17.6 Å². The molecule has 0 saturated heterocycles. The highest BCUT2D eigenvalue weighted by Gasteiger charge is 2.01. The summed E-state index contributed by atoms with van der Waals surface area (Å²) in [6.45, 7) is 5.82. The number of hydrogen-bond donors (Lipinski definition) is 0. The summed E-state index contributed by atoms with van der Waals surface area (Å²) in [5.74, 6) is 0.929. The Morgan fingerprint density at radius 2 is 2.21 bits per heavy atom. The quantitative estimate of drug-likeness (QED) is 0.630. The van der Waals surface area contributed by atoms with E-state index < -0.39 is 0 Å². The van der Waals surface area contributed by atoms with Crippen molar-refractivity contribution in [3.8, 4) is 0 Å². The molecule has 0 radical (unpaired) electrons. The molecule has 14 heavy (non-hydrogen) atoms. The molecule has 0 spiro atoms. The number of aryl methyl sites for hydroxylation is 1. The Bertz CT molecular complexity index is 245. The summed E-state index contributed by atoms with van der Waals surface area (Å²) in [5, 5.41) is 3.92. The summed E-state index contributed by atoms with van der Waals surface area (Å²) in [7, 11) is 0. The number of aromatic nitrogens is 1. The molecule has 0 aliphatic heterocycles. The normalized spacial score (nSPS) is 10.7. The minimum atomic E-state index is 0.734. The standard InChI is InChI=1S/C11H19NO2/c1-3-5-7-13-8-6-11-9-10(4-2)12-14-11/h9H,3-8H2,1-2H3. The van der Waals surface area contributed by atoms with Gasteiger partial charge in [0.2, 0.25) is 0 Å². The molecule has 1 rings (SSSR count). The molecule has 1 aromatic heterocycles. The predicted molar refractivity (Wildman–Crippen MR) is 55.3 cm³/mol. The Kier molecular flexibility index (Phi) is 5.30. The molecule has 3 nitrogen and oxygen atoms in total. The van der Waals surface area contributed by atoms with Crippen LogP contribution in [0.15, 0.2) is 10.6 Å². The van der Waals surface area contributed by atoms with E-state index in [1.807, 2.05) is 6.07 Å². The molecule has 0 atom stereocenters. The van der Waals surface area contributed by atoms with E-state index in [1.54, 1.807) is 0 Å². The van der Waals surface area contributed by atoms with Crippen LogP contribution in [0.5, 0.6) is 0 Å². The summed E-state index contributed by atoms with van der Waals surface area (Å²) in [4.78, 5) is 0. The third-order valence-corrected chi connectivity index (χ3v) is 2.11. The highest BCUT2D eigenvalue weighted by atomic mass is 16.5. The Morgan fingerprint density at radius 3 is 2.86 bits per heavy atom. The van der Waals surface area contributed by atoms with Gasteiger partial charge in [-0.25, -0.2) is 0 Å². The summed E-state index contributed by atoms with van der Waals surface area (Å²) in [5.41, 5.74) is 1.02. The molecule has 1 aromatic rings. The fourth-order valence-corrected chi connectivity index (χ4v) is 1.16. The average Bonchev–Trinajstić information content (AvgIpc) is 2.65. The van der Waals surface area contributed by atoms with Crippen molar-refractivity contribution in [1.82, 2.24) is 5.16 Å². The van der Waals surface area contributed by atoms with Crippen LogP contribution in [-0.4, -0.2) is 18.4 Å². The van der Waals surface area contributed by atoms with E-state index in [2.05, 4.69) is 19.0 Å². The summed E-state index contributed by atoms with van der Waals surface area (Å²) < 4.78 is 10.6. The highest BCUT2D eigenvalue weighted by molar-refractivity contribution is 5.04. The first-order chi connectivity index (χ1) is 6.86. The number of unbranched alkanes of at least 4 members (excludes halogenated alkanes) is 1. The van der Waals surface area contributed by atoms with Crippen LogP contribution in [0.2, 0.25) is 0 Å². The van der Waals surface area contributed by atoms with Gasteiger partial charge in [0.05, 0.1) is 12.3 Å². The van der Waals surface area contributed by atoms with Gasteiger partial charge in [-0.05, 0) is 12.8 Å². The van der Waals surface area contributed by atoms with E-state index in [-0.39, 0.29) is 0 Å². The van der Waals surface area contributed by atoms with Gasteiger partial charge in [-0.3, -0.25) is 0 Å². The van der Waals surface area contributed by atoms with E-state index in [4.69, 9.17) is 9.26 Å². The van der Waals surface area contributed by atoms with Crippen LogP contribution in [0.3, 0.4) is 0 Å². The molecule has 80 valence electrons. The second-order valence-electron chi connectivity index (χ2n) is 3.35. The number of nitrogens with zero attached hydrogens (tertiary/aromatic N) is 1. The van der Waals surface area contributed by atoms with Crippen LogP contribution >= 0.6 is 0 Å². The highest BCUT2D eigenvalue weighted by Crippen LogP contribution is 2.05. The third kappa shape index (κ3) is 3.92. The fourth-order valence-electron chi connectivity index (χ4n) is 1.16. The Hall–Kier alpha value is -0.830. The van der Waals surface area contributed by atoms with Crippen molar-refractivity contribution in [3.05, 3.63) is 17.5 Å². The zero-order valence-corrected chi connectivity index (χ0v) is 9.08. The number of hydrogen-bond acceptors (Lipinski definition) is 3. The van der Waals surface area contributed by atoms with Crippen LogP contribution in [0, 0.1) is 0 Å². The molecule has 0 N–H and O–H groups in total.